The molecule has 0 saturated heterocycles. The lowest BCUT2D eigenvalue weighted by Gasteiger charge is -2.21. The predicted molar refractivity (Wildman–Crippen MR) is 63.9 cm³/mol. The first-order valence-electron chi connectivity index (χ1n) is 5.57. The lowest BCUT2D eigenvalue weighted by atomic mass is 10.2. The molecule has 0 aliphatic carbocycles. The van der Waals surface area contributed by atoms with E-state index in [2.05, 4.69) is 10.6 Å². The van der Waals surface area contributed by atoms with Crippen LogP contribution in [0.25, 0.3) is 0 Å². The van der Waals surface area contributed by atoms with Gasteiger partial charge in [-0.3, -0.25) is 4.79 Å². The number of nitrogens with one attached hydrogen (secondary N) is 2. The molecule has 0 saturated carbocycles. The quantitative estimate of drug-likeness (QED) is 0.672. The number of carbonyl (C=O) groups is 2. The number of alkyl carbamates (subject to hydrolysis) is 1. The topological polar surface area (TPSA) is 87.7 Å². The molecule has 0 aromatic carbocycles. The van der Waals surface area contributed by atoms with Crippen LogP contribution in [0.3, 0.4) is 0 Å². The maximum absolute atomic E-state index is 11.3. The highest BCUT2D eigenvalue weighted by atomic mass is 16.6. The number of ether oxygens (including phenoxy) is 1. The smallest absolute Gasteiger partial charge is 0.407 e. The van der Waals surface area contributed by atoms with E-state index in [9.17, 15) is 9.59 Å². The maximum Gasteiger partial charge on any atom is 0.407 e. The van der Waals surface area contributed by atoms with Gasteiger partial charge in [-0.25, -0.2) is 4.79 Å². The summed E-state index contributed by atoms with van der Waals surface area (Å²) in [5.41, 5.74) is -0.533. The molecule has 3 N–H and O–H groups in total. The fourth-order valence-corrected chi connectivity index (χ4v) is 1.11. The molecule has 2 unspecified atom stereocenters. The summed E-state index contributed by atoms with van der Waals surface area (Å²) >= 11 is 0. The fraction of sp³-hybridized carbons (Fsp3) is 0.818. The van der Waals surface area contributed by atoms with Gasteiger partial charge in [-0.1, -0.05) is 0 Å². The van der Waals surface area contributed by atoms with Crippen LogP contribution in [0.4, 0.5) is 4.79 Å². The Morgan fingerprint density at radius 1 is 1.29 bits per heavy atom. The maximum atomic E-state index is 11.3. The normalized spacial score (nSPS) is 14.9. The summed E-state index contributed by atoms with van der Waals surface area (Å²) in [4.78, 5) is 21.9. The van der Waals surface area contributed by atoms with Gasteiger partial charge in [0.25, 0.3) is 0 Å². The summed E-state index contributed by atoms with van der Waals surface area (Å²) in [6.07, 6.45) is -0.505. The lowest BCUT2D eigenvalue weighted by Crippen LogP contribution is -2.46. The molecule has 2 atom stereocenters. The molecule has 0 spiro atoms. The summed E-state index contributed by atoms with van der Waals surface area (Å²) in [6.45, 7) is 8.98. The van der Waals surface area contributed by atoms with E-state index in [1.807, 2.05) is 0 Å². The van der Waals surface area contributed by atoms with Crippen LogP contribution in [0.15, 0.2) is 0 Å². The summed E-state index contributed by atoms with van der Waals surface area (Å²) in [5.74, 6) is -0.922. The van der Waals surface area contributed by atoms with E-state index < -0.39 is 23.7 Å². The first-order chi connectivity index (χ1) is 7.61. The van der Waals surface area contributed by atoms with Crippen molar-refractivity contribution in [3.8, 4) is 0 Å². The molecule has 0 aromatic rings. The first kappa shape index (κ1) is 15.7. The van der Waals surface area contributed by atoms with Gasteiger partial charge in [-0.2, -0.15) is 0 Å². The molecule has 0 aliphatic heterocycles. The van der Waals surface area contributed by atoms with Crippen molar-refractivity contribution < 1.29 is 19.4 Å². The van der Waals surface area contributed by atoms with Crippen molar-refractivity contribution in [3.63, 3.8) is 0 Å². The predicted octanol–water partition coefficient (Wildman–Crippen LogP) is 0.962. The van der Waals surface area contributed by atoms with Gasteiger partial charge in [-0.05, 0) is 34.6 Å². The van der Waals surface area contributed by atoms with E-state index in [0.717, 1.165) is 0 Å². The molecule has 0 fully saturated rings. The molecular weight excluding hydrogens is 224 g/mol. The van der Waals surface area contributed by atoms with Gasteiger partial charge >= 0.3 is 12.1 Å². The van der Waals surface area contributed by atoms with Crippen molar-refractivity contribution in [2.24, 2.45) is 0 Å². The van der Waals surface area contributed by atoms with Gasteiger partial charge in [0.2, 0.25) is 0 Å². The molecule has 0 radical (unpaired) electrons. The third-order valence-electron chi connectivity index (χ3n) is 1.86. The van der Waals surface area contributed by atoms with Crippen LogP contribution in [0.1, 0.15) is 34.6 Å². The Bertz CT molecular complexity index is 273. The SMILES string of the molecule is CC(CNC(=O)OC(C)(C)C)NC(C)C(=O)O. The number of carbonyl (C=O) groups excluding carboxylic acids is 1. The molecule has 0 aliphatic rings. The minimum absolute atomic E-state index is 0.145. The summed E-state index contributed by atoms with van der Waals surface area (Å²) in [7, 11) is 0. The van der Waals surface area contributed by atoms with E-state index in [1.165, 1.54) is 0 Å². The molecule has 17 heavy (non-hydrogen) atoms. The molecule has 0 aromatic heterocycles. The Hall–Kier alpha value is -1.30. The zero-order chi connectivity index (χ0) is 13.6. The third-order valence-corrected chi connectivity index (χ3v) is 1.86. The van der Waals surface area contributed by atoms with Crippen molar-refractivity contribution in [2.45, 2.75) is 52.3 Å². The van der Waals surface area contributed by atoms with Gasteiger partial charge in [0, 0.05) is 12.6 Å². The number of amides is 1. The van der Waals surface area contributed by atoms with Gasteiger partial charge in [-0.15, -0.1) is 0 Å². The zero-order valence-corrected chi connectivity index (χ0v) is 11.0. The summed E-state index contributed by atoms with van der Waals surface area (Å²) in [6, 6.07) is -0.793. The highest BCUT2D eigenvalue weighted by molar-refractivity contribution is 5.72. The Balaban J connectivity index is 3.88. The van der Waals surface area contributed by atoms with Crippen LogP contribution >= 0.6 is 0 Å². The molecule has 100 valence electrons. The zero-order valence-electron chi connectivity index (χ0n) is 11.0. The lowest BCUT2D eigenvalue weighted by molar-refractivity contribution is -0.139. The van der Waals surface area contributed by atoms with Gasteiger partial charge in [0.05, 0.1) is 0 Å². The van der Waals surface area contributed by atoms with Crippen LogP contribution in [-0.2, 0) is 9.53 Å². The van der Waals surface area contributed by atoms with Crippen molar-refractivity contribution in [1.29, 1.82) is 0 Å². The highest BCUT2D eigenvalue weighted by Gasteiger charge is 2.17. The molecular formula is C11H22N2O4. The summed E-state index contributed by atoms with van der Waals surface area (Å²) < 4.78 is 5.05. The number of aliphatic carboxylic acids is 1. The van der Waals surface area contributed by atoms with Crippen LogP contribution in [-0.4, -0.2) is 41.4 Å². The fourth-order valence-electron chi connectivity index (χ4n) is 1.11. The number of hydrogen-bond acceptors (Lipinski definition) is 4. The van der Waals surface area contributed by atoms with Crippen LogP contribution in [0, 0.1) is 0 Å². The Labute approximate surface area is 102 Å². The molecule has 6 heteroatoms. The second-order valence-corrected chi connectivity index (χ2v) is 5.01. The Morgan fingerprint density at radius 2 is 1.82 bits per heavy atom. The van der Waals surface area contributed by atoms with E-state index in [0.29, 0.717) is 6.54 Å². The van der Waals surface area contributed by atoms with Crippen molar-refractivity contribution in [2.75, 3.05) is 6.54 Å². The van der Waals surface area contributed by atoms with Crippen molar-refractivity contribution >= 4 is 12.1 Å². The van der Waals surface area contributed by atoms with E-state index >= 15 is 0 Å². The average molecular weight is 246 g/mol. The van der Waals surface area contributed by atoms with Crippen molar-refractivity contribution in [1.82, 2.24) is 10.6 Å². The molecule has 6 nitrogen and oxygen atoms in total. The largest absolute Gasteiger partial charge is 0.480 e. The molecule has 1 amide bonds. The number of hydrogen-bond donors (Lipinski definition) is 3. The Morgan fingerprint density at radius 3 is 2.24 bits per heavy atom. The molecule has 0 bridgehead atoms. The second kappa shape index (κ2) is 6.44. The second-order valence-electron chi connectivity index (χ2n) is 5.01. The minimum Gasteiger partial charge on any atom is -0.480 e. The van der Waals surface area contributed by atoms with E-state index in [1.54, 1.807) is 34.6 Å². The van der Waals surface area contributed by atoms with Crippen molar-refractivity contribution in [3.05, 3.63) is 0 Å². The van der Waals surface area contributed by atoms with Crippen LogP contribution < -0.4 is 10.6 Å². The van der Waals surface area contributed by atoms with Gasteiger partial charge < -0.3 is 20.5 Å². The third kappa shape index (κ3) is 8.50. The number of carboxylic acid groups (broad SMARTS) is 1. The van der Waals surface area contributed by atoms with Gasteiger partial charge in [0.15, 0.2) is 0 Å². The minimum atomic E-state index is -0.922. The highest BCUT2D eigenvalue weighted by Crippen LogP contribution is 2.06. The number of carboxylic acids is 1. The van der Waals surface area contributed by atoms with Crippen LogP contribution in [0.2, 0.25) is 0 Å². The van der Waals surface area contributed by atoms with Crippen LogP contribution in [0.5, 0.6) is 0 Å². The van der Waals surface area contributed by atoms with Gasteiger partial charge in [0.1, 0.15) is 11.6 Å². The van der Waals surface area contributed by atoms with E-state index in [4.69, 9.17) is 9.84 Å². The van der Waals surface area contributed by atoms with E-state index in [-0.39, 0.29) is 6.04 Å². The standard InChI is InChI=1S/C11H22N2O4/c1-7(13-8(2)9(14)15)6-12-10(16)17-11(3,4)5/h7-8,13H,6H2,1-5H3,(H,12,16)(H,14,15). The number of rotatable bonds is 5. The molecule has 0 rings (SSSR count). The summed E-state index contributed by atoms with van der Waals surface area (Å²) in [5, 5.41) is 14.1. The molecule has 0 heterocycles. The Kier molecular flexibility index (Phi) is 5.95. The first-order valence-corrected chi connectivity index (χ1v) is 5.57. The average Bonchev–Trinajstić information content (AvgIpc) is 2.11. The monoisotopic (exact) mass is 246 g/mol.